The number of nitrogens with one attached hydrogen (secondary N) is 1. The molecule has 0 spiro atoms. The van der Waals surface area contributed by atoms with Gasteiger partial charge >= 0.3 is 11.9 Å². The SMILES string of the molecule is Cn1c(Sc2nc(C(F)(F)F)ccc2C#N)n[nH]c1=O. The summed E-state index contributed by atoms with van der Waals surface area (Å²) in [5, 5.41) is 14.6. The first-order chi connectivity index (χ1) is 9.32. The molecule has 0 saturated carbocycles. The molecule has 0 unspecified atom stereocenters. The topological polar surface area (TPSA) is 87.4 Å². The van der Waals surface area contributed by atoms with E-state index in [9.17, 15) is 18.0 Å². The molecular weight excluding hydrogens is 295 g/mol. The largest absolute Gasteiger partial charge is 0.433 e. The fourth-order valence-corrected chi connectivity index (χ4v) is 2.12. The molecule has 0 aliphatic heterocycles. The van der Waals surface area contributed by atoms with Crippen molar-refractivity contribution in [2.45, 2.75) is 16.4 Å². The molecule has 0 bridgehead atoms. The van der Waals surface area contributed by atoms with Gasteiger partial charge in [0, 0.05) is 7.05 Å². The zero-order valence-electron chi connectivity index (χ0n) is 9.89. The molecule has 0 aromatic carbocycles. The second-order valence-electron chi connectivity index (χ2n) is 3.63. The molecule has 0 saturated heterocycles. The van der Waals surface area contributed by atoms with Crippen molar-refractivity contribution >= 4 is 11.8 Å². The fraction of sp³-hybridized carbons (Fsp3) is 0.200. The fourth-order valence-electron chi connectivity index (χ4n) is 1.27. The normalized spacial score (nSPS) is 11.3. The van der Waals surface area contributed by atoms with Crippen LogP contribution in [0.1, 0.15) is 11.3 Å². The molecule has 0 aliphatic rings. The molecule has 2 aromatic rings. The summed E-state index contributed by atoms with van der Waals surface area (Å²) in [7, 11) is 1.40. The van der Waals surface area contributed by atoms with Crippen molar-refractivity contribution in [2.24, 2.45) is 7.05 Å². The van der Waals surface area contributed by atoms with Crippen LogP contribution in [0.25, 0.3) is 0 Å². The number of nitriles is 1. The smallest absolute Gasteiger partial charge is 0.273 e. The molecule has 6 nitrogen and oxygen atoms in total. The van der Waals surface area contributed by atoms with Gasteiger partial charge in [0.25, 0.3) is 0 Å². The van der Waals surface area contributed by atoms with Crippen LogP contribution in [0.2, 0.25) is 0 Å². The van der Waals surface area contributed by atoms with E-state index in [1.807, 2.05) is 0 Å². The maximum atomic E-state index is 12.6. The molecule has 0 amide bonds. The van der Waals surface area contributed by atoms with Crippen LogP contribution >= 0.6 is 11.8 Å². The van der Waals surface area contributed by atoms with Gasteiger partial charge in [-0.25, -0.2) is 14.9 Å². The number of pyridine rings is 1. The van der Waals surface area contributed by atoms with Crippen LogP contribution in [0, 0.1) is 11.3 Å². The van der Waals surface area contributed by atoms with Gasteiger partial charge in [-0.3, -0.25) is 4.57 Å². The first kappa shape index (κ1) is 14.1. The van der Waals surface area contributed by atoms with Crippen LogP contribution in [0.5, 0.6) is 0 Å². The molecule has 2 heterocycles. The molecule has 104 valence electrons. The first-order valence-corrected chi connectivity index (χ1v) is 5.92. The Bertz CT molecular complexity index is 743. The predicted octanol–water partition coefficient (Wildman–Crippen LogP) is 1.55. The van der Waals surface area contributed by atoms with Gasteiger partial charge in [-0.15, -0.1) is 5.10 Å². The van der Waals surface area contributed by atoms with Crippen LogP contribution in [-0.4, -0.2) is 19.7 Å². The highest BCUT2D eigenvalue weighted by Crippen LogP contribution is 2.32. The summed E-state index contributed by atoms with van der Waals surface area (Å²) >= 11 is 0.704. The lowest BCUT2D eigenvalue weighted by atomic mass is 10.2. The molecular formula is C10H6F3N5OS. The molecule has 0 aliphatic carbocycles. The Labute approximate surface area is 114 Å². The van der Waals surface area contributed by atoms with Crippen molar-refractivity contribution in [1.29, 1.82) is 5.26 Å². The summed E-state index contributed by atoms with van der Waals surface area (Å²) < 4.78 is 38.9. The van der Waals surface area contributed by atoms with Gasteiger partial charge < -0.3 is 0 Å². The lowest BCUT2D eigenvalue weighted by Crippen LogP contribution is -2.13. The minimum Gasteiger partial charge on any atom is -0.273 e. The van der Waals surface area contributed by atoms with E-state index in [1.54, 1.807) is 6.07 Å². The Morgan fingerprint density at radius 1 is 1.45 bits per heavy atom. The number of nitrogens with zero attached hydrogens (tertiary/aromatic N) is 4. The van der Waals surface area contributed by atoms with E-state index in [0.29, 0.717) is 11.8 Å². The number of aromatic nitrogens is 4. The monoisotopic (exact) mass is 301 g/mol. The molecule has 0 radical (unpaired) electrons. The van der Waals surface area contributed by atoms with Gasteiger partial charge in [-0.2, -0.15) is 18.4 Å². The van der Waals surface area contributed by atoms with Gasteiger partial charge in [0.2, 0.25) is 0 Å². The van der Waals surface area contributed by atoms with Crippen LogP contribution in [-0.2, 0) is 13.2 Å². The second kappa shape index (κ2) is 5.01. The Kier molecular flexibility index (Phi) is 3.54. The summed E-state index contributed by atoms with van der Waals surface area (Å²) in [4.78, 5) is 14.6. The molecule has 2 aromatic heterocycles. The van der Waals surface area contributed by atoms with Crippen molar-refractivity contribution in [1.82, 2.24) is 19.7 Å². The second-order valence-corrected chi connectivity index (χ2v) is 4.59. The zero-order chi connectivity index (χ0) is 14.9. The third kappa shape index (κ3) is 2.67. The zero-order valence-corrected chi connectivity index (χ0v) is 10.7. The predicted molar refractivity (Wildman–Crippen MR) is 61.9 cm³/mol. The van der Waals surface area contributed by atoms with Gasteiger partial charge in [0.1, 0.15) is 16.8 Å². The summed E-state index contributed by atoms with van der Waals surface area (Å²) in [5.41, 5.74) is -1.66. The lowest BCUT2D eigenvalue weighted by molar-refractivity contribution is -0.141. The van der Waals surface area contributed by atoms with E-state index in [-0.39, 0.29) is 15.7 Å². The standard InChI is InChI=1S/C10H6F3N5OS/c1-18-8(19)16-17-9(18)20-7-5(4-14)2-3-6(15-7)10(11,12)13/h2-3H,1H3,(H,16,19). The van der Waals surface area contributed by atoms with E-state index in [1.165, 1.54) is 7.05 Å². The van der Waals surface area contributed by atoms with Crippen molar-refractivity contribution < 1.29 is 13.2 Å². The number of hydrogen-bond acceptors (Lipinski definition) is 5. The molecule has 0 atom stereocenters. The van der Waals surface area contributed by atoms with Gasteiger partial charge in [-0.05, 0) is 23.9 Å². The maximum absolute atomic E-state index is 12.6. The van der Waals surface area contributed by atoms with E-state index in [2.05, 4.69) is 15.2 Å². The number of aromatic amines is 1. The summed E-state index contributed by atoms with van der Waals surface area (Å²) in [5.74, 6) is 0. The van der Waals surface area contributed by atoms with E-state index < -0.39 is 17.6 Å². The van der Waals surface area contributed by atoms with E-state index in [0.717, 1.165) is 16.7 Å². The summed E-state index contributed by atoms with van der Waals surface area (Å²) in [6, 6.07) is 3.50. The lowest BCUT2D eigenvalue weighted by Gasteiger charge is -2.08. The highest BCUT2D eigenvalue weighted by Gasteiger charge is 2.33. The average molecular weight is 301 g/mol. The van der Waals surface area contributed by atoms with Crippen molar-refractivity contribution in [2.75, 3.05) is 0 Å². The molecule has 0 fully saturated rings. The Morgan fingerprint density at radius 2 is 2.15 bits per heavy atom. The number of hydrogen-bond donors (Lipinski definition) is 1. The van der Waals surface area contributed by atoms with Crippen LogP contribution in [0.3, 0.4) is 0 Å². The van der Waals surface area contributed by atoms with E-state index in [4.69, 9.17) is 5.26 Å². The highest BCUT2D eigenvalue weighted by molar-refractivity contribution is 7.99. The van der Waals surface area contributed by atoms with Crippen molar-refractivity contribution in [3.05, 3.63) is 33.9 Å². The van der Waals surface area contributed by atoms with Gasteiger partial charge in [0.05, 0.1) is 5.56 Å². The summed E-state index contributed by atoms with van der Waals surface area (Å²) in [6.07, 6.45) is -4.61. The summed E-state index contributed by atoms with van der Waals surface area (Å²) in [6.45, 7) is 0. The number of H-pyrrole nitrogens is 1. The number of halogens is 3. The number of alkyl halides is 3. The van der Waals surface area contributed by atoms with Crippen LogP contribution in [0.15, 0.2) is 27.1 Å². The minimum absolute atomic E-state index is 0.0292. The Balaban J connectivity index is 2.47. The first-order valence-electron chi connectivity index (χ1n) is 5.10. The third-order valence-corrected chi connectivity index (χ3v) is 3.35. The Morgan fingerprint density at radius 3 is 2.65 bits per heavy atom. The van der Waals surface area contributed by atoms with Gasteiger partial charge in [0.15, 0.2) is 5.16 Å². The third-order valence-electron chi connectivity index (χ3n) is 2.30. The quantitative estimate of drug-likeness (QED) is 0.909. The van der Waals surface area contributed by atoms with Crippen LogP contribution < -0.4 is 5.69 Å². The Hall–Kier alpha value is -2.28. The molecule has 10 heteroatoms. The number of rotatable bonds is 2. The average Bonchev–Trinajstić information content (AvgIpc) is 2.69. The van der Waals surface area contributed by atoms with Gasteiger partial charge in [-0.1, -0.05) is 0 Å². The minimum atomic E-state index is -4.61. The van der Waals surface area contributed by atoms with Crippen LogP contribution in [0.4, 0.5) is 13.2 Å². The van der Waals surface area contributed by atoms with Crippen molar-refractivity contribution in [3.63, 3.8) is 0 Å². The van der Waals surface area contributed by atoms with Crippen molar-refractivity contribution in [3.8, 4) is 6.07 Å². The van der Waals surface area contributed by atoms with E-state index >= 15 is 0 Å². The molecule has 20 heavy (non-hydrogen) atoms. The highest BCUT2D eigenvalue weighted by atomic mass is 32.2. The molecule has 2 rings (SSSR count). The maximum Gasteiger partial charge on any atom is 0.433 e. The molecule has 1 N–H and O–H groups in total.